The van der Waals surface area contributed by atoms with Crippen LogP contribution in [0, 0.1) is 6.92 Å². The summed E-state index contributed by atoms with van der Waals surface area (Å²) in [5, 5.41) is 0. The molecule has 0 amide bonds. The highest BCUT2D eigenvalue weighted by Gasteiger charge is 2.13. The largest absolute Gasteiger partial charge is 0.302 e. The third-order valence-electron chi connectivity index (χ3n) is 1.59. The fourth-order valence-corrected chi connectivity index (χ4v) is 2.12. The van der Waals surface area contributed by atoms with Crippen LogP contribution in [0.2, 0.25) is 0 Å². The Hall–Kier alpha value is -0.520. The Morgan fingerprint density at radius 1 is 1.31 bits per heavy atom. The summed E-state index contributed by atoms with van der Waals surface area (Å²) in [6.45, 7) is 1.89. The number of rotatable bonds is 3. The second kappa shape index (κ2) is 4.13. The molecule has 0 heterocycles. The molecule has 0 saturated carbocycles. The Labute approximate surface area is 83.3 Å². The molecule has 0 fully saturated rings. The van der Waals surface area contributed by atoms with Gasteiger partial charge in [-0.05, 0) is 32.0 Å². The summed E-state index contributed by atoms with van der Waals surface area (Å²) >= 11 is 3.41. The monoisotopic (exact) mass is 218 g/mol. The van der Waals surface area contributed by atoms with Crippen molar-refractivity contribution in [3.05, 3.63) is 29.8 Å². The van der Waals surface area contributed by atoms with Crippen molar-refractivity contribution in [1.82, 2.24) is 0 Å². The molecule has 0 aromatic heterocycles. The van der Waals surface area contributed by atoms with Crippen LogP contribution in [0.5, 0.6) is 0 Å². The van der Waals surface area contributed by atoms with Crippen LogP contribution in [0.1, 0.15) is 5.56 Å². The molecule has 1 aromatic rings. The first-order valence-corrected chi connectivity index (χ1v) is 5.64. The third-order valence-corrected chi connectivity index (χ3v) is 3.31. The maximum Gasteiger partial charge on any atom is 0.203 e. The quantitative estimate of drug-likeness (QED) is 0.619. The van der Waals surface area contributed by atoms with Crippen molar-refractivity contribution in [2.24, 2.45) is 0 Å². The fraction of sp³-hybridized carbons (Fsp3) is 0.250. The maximum atomic E-state index is 11.4. The zero-order valence-electron chi connectivity index (χ0n) is 7.10. The van der Waals surface area contributed by atoms with E-state index in [1.165, 1.54) is 0 Å². The number of hydrogen-bond donors (Lipinski definition) is 1. The lowest BCUT2D eigenvalue weighted by Gasteiger charge is -2.01. The summed E-state index contributed by atoms with van der Waals surface area (Å²) in [5.41, 5.74) is 1.02. The van der Waals surface area contributed by atoms with E-state index in [1.807, 2.05) is 6.92 Å². The van der Waals surface area contributed by atoms with Crippen LogP contribution in [-0.4, -0.2) is 14.4 Å². The Morgan fingerprint density at radius 2 is 1.85 bits per heavy atom. The minimum Gasteiger partial charge on any atom is -0.302 e. The van der Waals surface area contributed by atoms with Gasteiger partial charge in [0.25, 0.3) is 0 Å². The molecule has 13 heavy (non-hydrogen) atoms. The van der Waals surface area contributed by atoms with Crippen LogP contribution in [0.4, 0.5) is 0 Å². The molecular formula is C8H10O3S2. The molecular weight excluding hydrogens is 208 g/mol. The predicted molar refractivity (Wildman–Crippen MR) is 53.3 cm³/mol. The van der Waals surface area contributed by atoms with Gasteiger partial charge in [0, 0.05) is 0 Å². The lowest BCUT2D eigenvalue weighted by Crippen LogP contribution is -2.06. The molecule has 0 aliphatic heterocycles. The molecule has 0 saturated heterocycles. The predicted octanol–water partition coefficient (Wildman–Crippen LogP) is 1.59. The van der Waals surface area contributed by atoms with E-state index in [2.05, 4.69) is 17.1 Å². The van der Waals surface area contributed by atoms with Gasteiger partial charge in [-0.15, -0.1) is 0 Å². The number of thiol groups is 1. The molecule has 0 aliphatic rings. The van der Waals surface area contributed by atoms with Gasteiger partial charge in [0.05, 0.1) is 4.90 Å². The van der Waals surface area contributed by atoms with Crippen LogP contribution in [0.25, 0.3) is 0 Å². The molecule has 1 rings (SSSR count). The first kappa shape index (κ1) is 10.6. The van der Waals surface area contributed by atoms with Gasteiger partial charge < -0.3 is 4.18 Å². The molecule has 0 radical (unpaired) electrons. The van der Waals surface area contributed by atoms with Crippen molar-refractivity contribution in [3.8, 4) is 0 Å². The van der Waals surface area contributed by atoms with Gasteiger partial charge in [-0.1, -0.05) is 17.7 Å². The molecule has 72 valence electrons. The highest BCUT2D eigenvalue weighted by atomic mass is 32.2. The van der Waals surface area contributed by atoms with Crippen molar-refractivity contribution in [2.45, 2.75) is 11.8 Å². The van der Waals surface area contributed by atoms with E-state index in [-0.39, 0.29) is 4.90 Å². The van der Waals surface area contributed by atoms with Crippen molar-refractivity contribution in [1.29, 1.82) is 0 Å². The van der Waals surface area contributed by atoms with Crippen molar-refractivity contribution >= 4 is 22.7 Å². The van der Waals surface area contributed by atoms with Crippen LogP contribution in [0.3, 0.4) is 0 Å². The van der Waals surface area contributed by atoms with Gasteiger partial charge in [-0.25, -0.2) is 8.42 Å². The van der Waals surface area contributed by atoms with E-state index in [0.717, 1.165) is 5.56 Å². The average Bonchev–Trinajstić information content (AvgIpc) is 2.05. The van der Waals surface area contributed by atoms with Crippen molar-refractivity contribution < 1.29 is 12.6 Å². The Balaban J connectivity index is 3.02. The lowest BCUT2D eigenvalue weighted by atomic mass is 10.2. The Kier molecular flexibility index (Phi) is 3.35. The average molecular weight is 218 g/mol. The van der Waals surface area contributed by atoms with Gasteiger partial charge >= 0.3 is 0 Å². The molecule has 0 atom stereocenters. The zero-order valence-corrected chi connectivity index (χ0v) is 8.81. The number of benzene rings is 1. The van der Waals surface area contributed by atoms with E-state index in [9.17, 15) is 8.42 Å². The van der Waals surface area contributed by atoms with Crippen LogP contribution in [0.15, 0.2) is 29.2 Å². The SMILES string of the molecule is Cc1ccc(S(=O)(=O)COS)cc1. The molecule has 1 aromatic carbocycles. The first-order valence-electron chi connectivity index (χ1n) is 3.62. The summed E-state index contributed by atoms with van der Waals surface area (Å²) < 4.78 is 27.0. The zero-order chi connectivity index (χ0) is 9.90. The third kappa shape index (κ3) is 2.72. The molecule has 3 nitrogen and oxygen atoms in total. The number of sulfone groups is 1. The van der Waals surface area contributed by atoms with Gasteiger partial charge in [0.1, 0.15) is 0 Å². The molecule has 0 aliphatic carbocycles. The van der Waals surface area contributed by atoms with E-state index >= 15 is 0 Å². The molecule has 0 bridgehead atoms. The van der Waals surface area contributed by atoms with Gasteiger partial charge in [-0.3, -0.25) is 0 Å². The summed E-state index contributed by atoms with van der Waals surface area (Å²) in [4.78, 5) is 0.257. The van der Waals surface area contributed by atoms with E-state index in [4.69, 9.17) is 0 Å². The van der Waals surface area contributed by atoms with Gasteiger partial charge in [0.15, 0.2) is 5.94 Å². The van der Waals surface area contributed by atoms with E-state index in [1.54, 1.807) is 24.3 Å². The molecule has 5 heteroatoms. The van der Waals surface area contributed by atoms with Gasteiger partial charge in [0.2, 0.25) is 9.84 Å². The Morgan fingerprint density at radius 3 is 2.31 bits per heavy atom. The normalized spacial score (nSPS) is 11.5. The second-order valence-corrected chi connectivity index (χ2v) is 4.87. The van der Waals surface area contributed by atoms with E-state index in [0.29, 0.717) is 0 Å². The van der Waals surface area contributed by atoms with Crippen LogP contribution < -0.4 is 0 Å². The lowest BCUT2D eigenvalue weighted by molar-refractivity contribution is 0.446. The van der Waals surface area contributed by atoms with Crippen molar-refractivity contribution in [2.75, 3.05) is 5.94 Å². The molecule has 0 unspecified atom stereocenters. The van der Waals surface area contributed by atoms with Gasteiger partial charge in [-0.2, -0.15) is 0 Å². The topological polar surface area (TPSA) is 43.4 Å². The standard InChI is InChI=1S/C8H10O3S2/c1-7-2-4-8(5-3-7)13(9,10)6-11-12/h2-5,12H,6H2,1H3. The van der Waals surface area contributed by atoms with E-state index < -0.39 is 15.8 Å². The fourth-order valence-electron chi connectivity index (χ4n) is 0.883. The highest BCUT2D eigenvalue weighted by Crippen LogP contribution is 2.12. The Bertz CT molecular complexity index is 367. The summed E-state index contributed by atoms with van der Waals surface area (Å²) in [6.07, 6.45) is 0. The first-order chi connectivity index (χ1) is 6.06. The smallest absolute Gasteiger partial charge is 0.203 e. The summed E-state index contributed by atoms with van der Waals surface area (Å²) in [5.74, 6) is -0.404. The number of aryl methyl sites for hydroxylation is 1. The van der Waals surface area contributed by atoms with Crippen molar-refractivity contribution in [3.63, 3.8) is 0 Å². The minimum atomic E-state index is -3.33. The minimum absolute atomic E-state index is 0.257. The maximum absolute atomic E-state index is 11.4. The van der Waals surface area contributed by atoms with Crippen LogP contribution >= 0.6 is 12.9 Å². The second-order valence-electron chi connectivity index (χ2n) is 2.67. The van der Waals surface area contributed by atoms with Crippen LogP contribution in [-0.2, 0) is 14.0 Å². The molecule has 0 N–H and O–H groups in total. The summed E-state index contributed by atoms with van der Waals surface area (Å²) in [7, 11) is -3.33. The highest BCUT2D eigenvalue weighted by molar-refractivity contribution is 7.91. The summed E-state index contributed by atoms with van der Waals surface area (Å²) in [6, 6.07) is 6.59. The number of hydrogen-bond acceptors (Lipinski definition) is 4. The molecule has 0 spiro atoms.